The number of nitrogens with one attached hydrogen (secondary N) is 1. The van der Waals surface area contributed by atoms with Crippen molar-refractivity contribution in [3.05, 3.63) is 54.6 Å². The highest BCUT2D eigenvalue weighted by molar-refractivity contribution is 5.15. The van der Waals surface area contributed by atoms with Crippen molar-refractivity contribution >= 4 is 0 Å². The van der Waals surface area contributed by atoms with Crippen LogP contribution in [-0.4, -0.2) is 4.98 Å². The Kier molecular flexibility index (Phi) is 14.1. The van der Waals surface area contributed by atoms with Gasteiger partial charge in [0, 0.05) is 5.92 Å². The summed E-state index contributed by atoms with van der Waals surface area (Å²) in [6.45, 7) is 4.66. The normalized spacial score (nSPS) is 13.4. The summed E-state index contributed by atoms with van der Waals surface area (Å²) in [7, 11) is 0. The minimum atomic E-state index is 0.601. The lowest BCUT2D eigenvalue weighted by Crippen LogP contribution is -2.42. The lowest BCUT2D eigenvalue weighted by atomic mass is 9.86. The maximum atomic E-state index is 3.27. The molecule has 2 atom stereocenters. The molecule has 1 N–H and O–H groups in total. The van der Waals surface area contributed by atoms with Crippen molar-refractivity contribution in [2.75, 3.05) is 0 Å². The molecule has 1 aromatic carbocycles. The quantitative estimate of drug-likeness (QED) is 0.172. The van der Waals surface area contributed by atoms with Gasteiger partial charge in [0.05, 0.1) is 0 Å². The summed E-state index contributed by atoms with van der Waals surface area (Å²) in [6.07, 6.45) is 28.7. The Morgan fingerprint density at radius 1 is 0.742 bits per heavy atom. The van der Waals surface area contributed by atoms with Crippen LogP contribution in [0, 0.1) is 5.92 Å². The second kappa shape index (κ2) is 17.0. The highest BCUT2D eigenvalue weighted by Crippen LogP contribution is 2.26. The van der Waals surface area contributed by atoms with E-state index in [2.05, 4.69) is 72.5 Å². The summed E-state index contributed by atoms with van der Waals surface area (Å²) < 4.78 is 2.43. The molecule has 174 valence electrons. The minimum absolute atomic E-state index is 0.601. The molecule has 0 saturated heterocycles. The molecule has 2 unspecified atom stereocenters. The van der Waals surface area contributed by atoms with Crippen molar-refractivity contribution in [1.29, 1.82) is 0 Å². The van der Waals surface area contributed by atoms with Crippen LogP contribution < -0.4 is 4.57 Å². The van der Waals surface area contributed by atoms with E-state index in [9.17, 15) is 0 Å². The van der Waals surface area contributed by atoms with Gasteiger partial charge in [-0.3, -0.25) is 4.98 Å². The predicted molar refractivity (Wildman–Crippen MR) is 134 cm³/mol. The van der Waals surface area contributed by atoms with E-state index < -0.39 is 0 Å². The van der Waals surface area contributed by atoms with Gasteiger partial charge < -0.3 is 0 Å². The van der Waals surface area contributed by atoms with E-state index in [1.807, 2.05) is 0 Å². The molecule has 2 nitrogen and oxygen atoms in total. The van der Waals surface area contributed by atoms with Gasteiger partial charge in [0.1, 0.15) is 18.4 Å². The molecule has 0 aliphatic carbocycles. The third-order valence-electron chi connectivity index (χ3n) is 6.96. The fraction of sp³-hybridized carbons (Fsp3) is 0.690. The second-order valence-electron chi connectivity index (χ2n) is 9.52. The number of rotatable bonds is 19. The molecular formula is C29H49N2+. The number of hydrogen-bond acceptors (Lipinski definition) is 0. The molecule has 0 spiro atoms. The Hall–Kier alpha value is -1.57. The first kappa shape index (κ1) is 25.7. The predicted octanol–water partition coefficient (Wildman–Crippen LogP) is 8.59. The SMILES string of the molecule is CCCCCCCCCCCCCCCC(C(CC)Cc1ccccc1)[n+]1cc[nH]c1. The molecule has 0 aliphatic heterocycles. The van der Waals surface area contributed by atoms with Gasteiger partial charge in [-0.1, -0.05) is 121 Å². The molecule has 0 amide bonds. The molecule has 1 aromatic heterocycles. The maximum Gasteiger partial charge on any atom is 0.241 e. The molecule has 0 bridgehead atoms. The van der Waals surface area contributed by atoms with Crippen LogP contribution in [0.1, 0.15) is 122 Å². The third-order valence-corrected chi connectivity index (χ3v) is 6.96. The molecule has 2 rings (SSSR count). The topological polar surface area (TPSA) is 19.7 Å². The van der Waals surface area contributed by atoms with Crippen molar-refractivity contribution in [3.8, 4) is 0 Å². The van der Waals surface area contributed by atoms with Crippen molar-refractivity contribution in [2.24, 2.45) is 5.92 Å². The number of aromatic amines is 1. The molecule has 0 fully saturated rings. The highest BCUT2D eigenvalue weighted by Gasteiger charge is 2.25. The molecule has 0 aliphatic rings. The van der Waals surface area contributed by atoms with Crippen LogP contribution in [0.5, 0.6) is 0 Å². The number of H-pyrrole nitrogens is 1. The summed E-state index contributed by atoms with van der Waals surface area (Å²) in [5.74, 6) is 0.695. The second-order valence-corrected chi connectivity index (χ2v) is 9.52. The van der Waals surface area contributed by atoms with Crippen LogP contribution in [0.3, 0.4) is 0 Å². The zero-order valence-electron chi connectivity index (χ0n) is 20.5. The molecular weight excluding hydrogens is 376 g/mol. The van der Waals surface area contributed by atoms with Crippen LogP contribution in [0.2, 0.25) is 0 Å². The van der Waals surface area contributed by atoms with Crippen LogP contribution in [0.15, 0.2) is 49.1 Å². The third kappa shape index (κ3) is 11.0. The Bertz CT molecular complexity index is 619. The van der Waals surface area contributed by atoms with Crippen LogP contribution in [-0.2, 0) is 6.42 Å². The van der Waals surface area contributed by atoms with Gasteiger partial charge in [0.25, 0.3) is 0 Å². The first-order valence-electron chi connectivity index (χ1n) is 13.4. The van der Waals surface area contributed by atoms with Gasteiger partial charge in [-0.05, 0) is 31.2 Å². The lowest BCUT2D eigenvalue weighted by Gasteiger charge is -2.24. The Morgan fingerprint density at radius 2 is 1.32 bits per heavy atom. The van der Waals surface area contributed by atoms with Gasteiger partial charge in [0.15, 0.2) is 0 Å². The van der Waals surface area contributed by atoms with Gasteiger partial charge in [-0.25, -0.2) is 4.57 Å². The number of unbranched alkanes of at least 4 members (excludes halogenated alkanes) is 12. The highest BCUT2D eigenvalue weighted by atomic mass is 15.1. The monoisotopic (exact) mass is 425 g/mol. The molecule has 31 heavy (non-hydrogen) atoms. The van der Waals surface area contributed by atoms with E-state index in [1.54, 1.807) is 0 Å². The van der Waals surface area contributed by atoms with E-state index in [4.69, 9.17) is 0 Å². The number of hydrogen-bond donors (Lipinski definition) is 1. The van der Waals surface area contributed by atoms with Crippen molar-refractivity contribution in [3.63, 3.8) is 0 Å². The largest absolute Gasteiger partial charge is 0.250 e. The van der Waals surface area contributed by atoms with Gasteiger partial charge in [-0.2, -0.15) is 0 Å². The lowest BCUT2D eigenvalue weighted by molar-refractivity contribution is -0.730. The number of nitrogens with zero attached hydrogens (tertiary/aromatic N) is 1. The molecule has 1 heterocycles. The molecule has 2 aromatic rings. The number of benzene rings is 1. The van der Waals surface area contributed by atoms with Crippen LogP contribution in [0.4, 0.5) is 0 Å². The summed E-state index contributed by atoms with van der Waals surface area (Å²) in [5, 5.41) is 0. The van der Waals surface area contributed by atoms with Gasteiger partial charge >= 0.3 is 0 Å². The van der Waals surface area contributed by atoms with E-state index in [0.717, 1.165) is 0 Å². The molecule has 2 heteroatoms. The van der Waals surface area contributed by atoms with Gasteiger partial charge in [0.2, 0.25) is 6.33 Å². The van der Waals surface area contributed by atoms with E-state index in [0.29, 0.717) is 12.0 Å². The van der Waals surface area contributed by atoms with E-state index in [1.165, 1.54) is 108 Å². The smallest absolute Gasteiger partial charge is 0.241 e. The maximum absolute atomic E-state index is 3.27. The standard InChI is InChI=1S/C29H48N2/c1-3-5-6-7-8-9-10-11-12-13-14-15-19-22-29(31-24-23-30-26-31)28(4-2)25-27-20-17-16-18-21-27/h16-18,20-21,23-24,26,28-29H,3-15,19,22,25H2,1-2H3/p+1. The van der Waals surface area contributed by atoms with Crippen LogP contribution in [0.25, 0.3) is 0 Å². The fourth-order valence-corrected chi connectivity index (χ4v) is 4.98. The molecule has 0 saturated carbocycles. The van der Waals surface area contributed by atoms with E-state index >= 15 is 0 Å². The summed E-state index contributed by atoms with van der Waals surface area (Å²) >= 11 is 0. The van der Waals surface area contributed by atoms with Crippen molar-refractivity contribution in [1.82, 2.24) is 4.98 Å². The average molecular weight is 426 g/mol. The minimum Gasteiger partial charge on any atom is -0.250 e. The zero-order valence-corrected chi connectivity index (χ0v) is 20.5. The Labute approximate surface area is 192 Å². The fourth-order valence-electron chi connectivity index (χ4n) is 4.98. The van der Waals surface area contributed by atoms with Crippen molar-refractivity contribution < 1.29 is 4.57 Å². The number of imidazole rings is 1. The zero-order chi connectivity index (χ0) is 22.0. The summed E-state index contributed by atoms with van der Waals surface area (Å²) in [5.41, 5.74) is 1.47. The molecule has 0 radical (unpaired) electrons. The Balaban J connectivity index is 1.62. The first-order chi connectivity index (χ1) is 15.3. The van der Waals surface area contributed by atoms with Crippen LogP contribution >= 0.6 is 0 Å². The summed E-state index contributed by atoms with van der Waals surface area (Å²) in [6, 6.07) is 11.6. The van der Waals surface area contributed by atoms with E-state index in [-0.39, 0.29) is 0 Å². The summed E-state index contributed by atoms with van der Waals surface area (Å²) in [4.78, 5) is 3.27. The van der Waals surface area contributed by atoms with Gasteiger partial charge in [-0.15, -0.1) is 0 Å². The van der Waals surface area contributed by atoms with Crippen molar-refractivity contribution in [2.45, 2.75) is 123 Å². The Morgan fingerprint density at radius 3 is 1.84 bits per heavy atom. The first-order valence-corrected chi connectivity index (χ1v) is 13.4. The average Bonchev–Trinajstić information content (AvgIpc) is 3.33. The number of aromatic nitrogens is 2.